The minimum Gasteiger partial charge on any atom is -0.384 e. The van der Waals surface area contributed by atoms with Crippen molar-refractivity contribution in [1.29, 1.82) is 0 Å². The first-order valence-electron chi connectivity index (χ1n) is 9.96. The van der Waals surface area contributed by atoms with Gasteiger partial charge in [0.25, 0.3) is 0 Å². The van der Waals surface area contributed by atoms with Gasteiger partial charge in [0, 0.05) is 44.7 Å². The van der Waals surface area contributed by atoms with Crippen molar-refractivity contribution >= 4 is 34.9 Å². The molecule has 0 bridgehead atoms. The molecule has 0 saturated heterocycles. The van der Waals surface area contributed by atoms with E-state index < -0.39 is 0 Å². The van der Waals surface area contributed by atoms with Crippen molar-refractivity contribution in [2.45, 2.75) is 46.6 Å². The zero-order chi connectivity index (χ0) is 24.2. The average molecular weight is 455 g/mol. The first kappa shape index (κ1) is 30.8. The maximum absolute atomic E-state index is 8.81. The number of pyridine rings is 1. The van der Waals surface area contributed by atoms with Crippen LogP contribution in [-0.2, 0) is 22.6 Å². The topological polar surface area (TPSA) is 139 Å². The van der Waals surface area contributed by atoms with E-state index in [2.05, 4.69) is 35.8 Å². The van der Waals surface area contributed by atoms with Crippen molar-refractivity contribution in [3.05, 3.63) is 34.5 Å². The normalized spacial score (nSPS) is 11.6. The fraction of sp³-hybridized carbons (Fsp3) is 0.524. The molecule has 0 aromatic carbocycles. The highest BCUT2D eigenvalue weighted by Gasteiger charge is 2.16. The van der Waals surface area contributed by atoms with Crippen LogP contribution in [0.2, 0.25) is 0 Å². The molecule has 10 heteroatoms. The van der Waals surface area contributed by atoms with E-state index in [1.165, 1.54) is 23.4 Å². The lowest BCUT2D eigenvalue weighted by Gasteiger charge is -2.20. The van der Waals surface area contributed by atoms with Gasteiger partial charge in [0.1, 0.15) is 5.82 Å². The Morgan fingerprint density at radius 3 is 2.13 bits per heavy atom. The molecule has 1 aliphatic rings. The number of nitrogens with zero attached hydrogens (tertiary/aromatic N) is 4. The van der Waals surface area contributed by atoms with Gasteiger partial charge in [-0.1, -0.05) is 32.8 Å². The van der Waals surface area contributed by atoms with Crippen molar-refractivity contribution in [3.63, 3.8) is 0 Å². The average Bonchev–Trinajstić information content (AvgIpc) is 3.09. The number of hydroxylamine groups is 2. The number of thiazole rings is 1. The number of nitrogen functional groups attached to an aromatic ring is 2. The smallest absolute Gasteiger partial charge is 0.182 e. The van der Waals surface area contributed by atoms with Gasteiger partial charge in [-0.3, -0.25) is 9.59 Å². The number of carbonyl (C=O) groups excluding carboxylic acids is 2. The van der Waals surface area contributed by atoms with Crippen molar-refractivity contribution in [1.82, 2.24) is 19.9 Å². The summed E-state index contributed by atoms with van der Waals surface area (Å²) in [6.45, 7) is 8.47. The van der Waals surface area contributed by atoms with Crippen LogP contribution >= 0.6 is 11.3 Å². The number of fused-ring (bicyclic) bond motifs is 1. The highest BCUT2D eigenvalue weighted by atomic mass is 32.1. The maximum atomic E-state index is 8.81. The van der Waals surface area contributed by atoms with E-state index in [-0.39, 0.29) is 12.6 Å². The largest absolute Gasteiger partial charge is 0.384 e. The third kappa shape index (κ3) is 19.3. The van der Waals surface area contributed by atoms with Crippen LogP contribution < -0.4 is 11.5 Å². The van der Waals surface area contributed by atoms with Gasteiger partial charge >= 0.3 is 0 Å². The van der Waals surface area contributed by atoms with E-state index in [0.717, 1.165) is 30.1 Å². The lowest BCUT2D eigenvalue weighted by molar-refractivity contribution is -0.122. The molecule has 0 atom stereocenters. The predicted octanol–water partition coefficient (Wildman–Crippen LogP) is 2.81. The fourth-order valence-electron chi connectivity index (χ4n) is 1.82. The molecule has 31 heavy (non-hydrogen) atoms. The number of likely N-dealkylation sites (N-methyl/N-ethyl adjacent to an activating group) is 1. The number of aromatic nitrogens is 2. The van der Waals surface area contributed by atoms with E-state index in [4.69, 9.17) is 26.3 Å². The lowest BCUT2D eigenvalue weighted by Crippen LogP contribution is -2.25. The van der Waals surface area contributed by atoms with E-state index in [1.807, 2.05) is 13.0 Å². The molecule has 3 rings (SSSR count). The fourth-order valence-corrected chi connectivity index (χ4v) is 2.78. The second kappa shape index (κ2) is 19.6. The third-order valence-electron chi connectivity index (χ3n) is 3.43. The van der Waals surface area contributed by atoms with Gasteiger partial charge in [-0.05, 0) is 25.6 Å². The highest BCUT2D eigenvalue weighted by molar-refractivity contribution is 7.15. The number of hydrogen-bond donors (Lipinski definition) is 3. The molecule has 0 fully saturated rings. The Morgan fingerprint density at radius 1 is 1.19 bits per heavy atom. The summed E-state index contributed by atoms with van der Waals surface area (Å²) < 4.78 is 0. The number of aryl methyl sites for hydroxylation is 1. The SMILES string of the molecule is CCCC.CN(C)O.CN1CCc2nc(N)sc2C1.Cc1ccc(N)nc1.O=CC=O. The second-order valence-electron chi connectivity index (χ2n) is 6.79. The highest BCUT2D eigenvalue weighted by Crippen LogP contribution is 2.25. The Hall–Kier alpha value is -2.40. The molecule has 9 nitrogen and oxygen atoms in total. The molecule has 0 saturated carbocycles. The zero-order valence-corrected chi connectivity index (χ0v) is 20.4. The number of hydrogen-bond acceptors (Lipinski definition) is 10. The monoisotopic (exact) mass is 454 g/mol. The third-order valence-corrected chi connectivity index (χ3v) is 4.34. The molecule has 1 aliphatic heterocycles. The van der Waals surface area contributed by atoms with E-state index in [0.29, 0.717) is 10.9 Å². The first-order chi connectivity index (χ1) is 14.6. The zero-order valence-electron chi connectivity index (χ0n) is 19.5. The molecule has 176 valence electrons. The summed E-state index contributed by atoms with van der Waals surface area (Å²) >= 11 is 1.62. The second-order valence-corrected chi connectivity index (χ2v) is 7.90. The van der Waals surface area contributed by atoms with Gasteiger partial charge < -0.3 is 21.6 Å². The van der Waals surface area contributed by atoms with Crippen LogP contribution in [0.4, 0.5) is 10.9 Å². The molecule has 3 heterocycles. The van der Waals surface area contributed by atoms with E-state index in [9.17, 15) is 0 Å². The van der Waals surface area contributed by atoms with Gasteiger partial charge in [-0.15, -0.1) is 11.3 Å². The summed E-state index contributed by atoms with van der Waals surface area (Å²) in [7, 11) is 5.23. The van der Waals surface area contributed by atoms with Crippen LogP contribution in [0.5, 0.6) is 0 Å². The van der Waals surface area contributed by atoms with Gasteiger partial charge in [-0.2, -0.15) is 5.06 Å². The van der Waals surface area contributed by atoms with Gasteiger partial charge in [0.15, 0.2) is 17.7 Å². The Kier molecular flexibility index (Phi) is 19.4. The van der Waals surface area contributed by atoms with Crippen molar-refractivity contribution in [2.75, 3.05) is 39.2 Å². The Bertz CT molecular complexity index is 676. The number of unbranched alkanes of at least 4 members (excludes halogenated alkanes) is 1. The first-order valence-corrected chi connectivity index (χ1v) is 10.8. The summed E-state index contributed by atoms with van der Waals surface area (Å²) in [5, 5.41) is 9.60. The standard InChI is InChI=1S/C7H11N3S.C6H8N2.C4H10.C2H7NO.C2H2O2/c1-10-3-2-5-6(4-10)11-7(8)9-5;1-5-2-3-6(7)8-4-5;1-3-4-2;1-3(2)4;3-1-2-4/h2-4H2,1H3,(H2,8,9);2-4H,1H3,(H2,7,8);3-4H2,1-2H3;4H,1-2H3;1-2H. The molecule has 0 radical (unpaired) electrons. The Morgan fingerprint density at radius 2 is 1.74 bits per heavy atom. The minimum absolute atomic E-state index is 0.194. The summed E-state index contributed by atoms with van der Waals surface area (Å²) in [5.74, 6) is 0.579. The van der Waals surface area contributed by atoms with E-state index in [1.54, 1.807) is 37.7 Å². The van der Waals surface area contributed by atoms with Crippen LogP contribution in [0.15, 0.2) is 18.3 Å². The number of nitrogens with two attached hydrogens (primary N) is 2. The molecule has 0 aliphatic carbocycles. The minimum atomic E-state index is 0.194. The molecule has 2 aromatic heterocycles. The number of anilines is 2. The molecule has 2 aromatic rings. The van der Waals surface area contributed by atoms with E-state index >= 15 is 0 Å². The molecule has 0 amide bonds. The number of rotatable bonds is 2. The lowest BCUT2D eigenvalue weighted by atomic mass is 10.2. The maximum Gasteiger partial charge on any atom is 0.182 e. The van der Waals surface area contributed by atoms with Crippen molar-refractivity contribution < 1.29 is 14.8 Å². The van der Waals surface area contributed by atoms with Crippen LogP contribution in [0, 0.1) is 6.92 Å². The summed E-state index contributed by atoms with van der Waals surface area (Å²) in [4.78, 5) is 29.4. The van der Waals surface area contributed by atoms with Crippen molar-refractivity contribution in [2.24, 2.45) is 0 Å². The van der Waals surface area contributed by atoms with Crippen LogP contribution in [-0.4, -0.2) is 65.4 Å². The predicted molar refractivity (Wildman–Crippen MR) is 128 cm³/mol. The van der Waals surface area contributed by atoms with Gasteiger partial charge in [0.05, 0.1) is 5.69 Å². The number of aldehydes is 2. The Balaban J connectivity index is 0. The molecule has 0 unspecified atom stereocenters. The van der Waals surface area contributed by atoms with Crippen molar-refractivity contribution in [3.8, 4) is 0 Å². The van der Waals surface area contributed by atoms with Crippen LogP contribution in [0.1, 0.15) is 42.8 Å². The summed E-state index contributed by atoms with van der Waals surface area (Å²) in [6, 6.07) is 3.72. The molecule has 5 N–H and O–H groups in total. The molecular weight excluding hydrogens is 416 g/mol. The molecule has 0 spiro atoms. The Labute approximate surface area is 190 Å². The van der Waals surface area contributed by atoms with Gasteiger partial charge in [0.2, 0.25) is 0 Å². The molecular formula is C21H38N6O3S. The van der Waals surface area contributed by atoms with Gasteiger partial charge in [-0.25, -0.2) is 9.97 Å². The summed E-state index contributed by atoms with van der Waals surface area (Å²) in [5.41, 5.74) is 13.3. The summed E-state index contributed by atoms with van der Waals surface area (Å²) in [6.07, 6.45) is 5.83. The quantitative estimate of drug-likeness (QED) is 0.355. The number of carbonyl (C=O) groups is 2. The van der Waals surface area contributed by atoms with Crippen LogP contribution in [0.3, 0.4) is 0 Å². The van der Waals surface area contributed by atoms with Crippen LogP contribution in [0.25, 0.3) is 0 Å².